The maximum absolute atomic E-state index is 13.9. The van der Waals surface area contributed by atoms with Crippen molar-refractivity contribution in [2.75, 3.05) is 0 Å². The van der Waals surface area contributed by atoms with E-state index in [9.17, 15) is 9.59 Å². The fourth-order valence-corrected chi connectivity index (χ4v) is 3.99. The Bertz CT molecular complexity index is 1450. The predicted octanol–water partition coefficient (Wildman–Crippen LogP) is 6.31. The zero-order valence-corrected chi connectivity index (χ0v) is 18.7. The Morgan fingerprint density at radius 1 is 0.618 bits per heavy atom. The first-order chi connectivity index (χ1) is 16.6. The van der Waals surface area contributed by atoms with Crippen LogP contribution in [-0.2, 0) is 0 Å². The topological polar surface area (TPSA) is 52.0 Å². The summed E-state index contributed by atoms with van der Waals surface area (Å²) in [5.74, 6) is -0.525. The van der Waals surface area contributed by atoms with Gasteiger partial charge in [-0.3, -0.25) is 9.59 Å². The summed E-state index contributed by atoms with van der Waals surface area (Å²) in [5.41, 5.74) is 4.66. The van der Waals surface area contributed by atoms with Crippen LogP contribution in [-0.4, -0.2) is 21.3 Å². The molecular formula is C30H22N2O2. The van der Waals surface area contributed by atoms with E-state index in [0.29, 0.717) is 22.4 Å². The van der Waals surface area contributed by atoms with Crippen LogP contribution in [0.15, 0.2) is 115 Å². The van der Waals surface area contributed by atoms with Gasteiger partial charge >= 0.3 is 0 Å². The summed E-state index contributed by atoms with van der Waals surface area (Å²) in [6.45, 7) is 1.97. The van der Waals surface area contributed by atoms with Crippen LogP contribution in [0.25, 0.3) is 16.9 Å². The van der Waals surface area contributed by atoms with Gasteiger partial charge in [-0.15, -0.1) is 0 Å². The molecule has 34 heavy (non-hydrogen) atoms. The van der Waals surface area contributed by atoms with E-state index < -0.39 is 0 Å². The van der Waals surface area contributed by atoms with E-state index in [0.717, 1.165) is 16.8 Å². The summed E-state index contributed by atoms with van der Waals surface area (Å²) >= 11 is 0. The molecule has 0 bridgehead atoms. The second kappa shape index (κ2) is 9.12. The summed E-state index contributed by atoms with van der Waals surface area (Å²) in [4.78, 5) is 27.6. The molecule has 1 aromatic heterocycles. The van der Waals surface area contributed by atoms with Gasteiger partial charge in [0, 0.05) is 16.7 Å². The number of aromatic nitrogens is 2. The van der Waals surface area contributed by atoms with E-state index in [1.807, 2.05) is 97.9 Å². The van der Waals surface area contributed by atoms with Gasteiger partial charge in [0.1, 0.15) is 5.69 Å². The average molecular weight is 443 g/mol. The highest BCUT2D eigenvalue weighted by molar-refractivity contribution is 6.21. The molecule has 0 fully saturated rings. The highest BCUT2D eigenvalue weighted by Gasteiger charge is 2.30. The maximum atomic E-state index is 13.9. The van der Waals surface area contributed by atoms with Crippen LogP contribution < -0.4 is 0 Å². The molecule has 0 aliphatic rings. The van der Waals surface area contributed by atoms with Crippen molar-refractivity contribution in [2.24, 2.45) is 0 Å². The Kier molecular flexibility index (Phi) is 5.71. The molecule has 0 amide bonds. The number of nitrogens with zero attached hydrogens (tertiary/aromatic N) is 2. The van der Waals surface area contributed by atoms with Crippen LogP contribution in [0.3, 0.4) is 0 Å². The van der Waals surface area contributed by atoms with E-state index in [4.69, 9.17) is 5.10 Å². The molecule has 4 heteroatoms. The highest BCUT2D eigenvalue weighted by atomic mass is 16.1. The summed E-state index contributed by atoms with van der Waals surface area (Å²) in [6, 6.07) is 35.5. The minimum atomic E-state index is -0.286. The van der Waals surface area contributed by atoms with E-state index in [-0.39, 0.29) is 17.3 Å². The lowest BCUT2D eigenvalue weighted by molar-refractivity contribution is 0.100. The standard InChI is InChI=1S/C30H22N2O2/c1-21-17-19-24(20-18-21)30(34)27-26(29(33)23-13-7-3-8-14-23)28(22-11-5-2-6-12-22)32(31-27)25-15-9-4-10-16-25/h2-20H,1H3. The van der Waals surface area contributed by atoms with Crippen molar-refractivity contribution in [1.29, 1.82) is 0 Å². The second-order valence-electron chi connectivity index (χ2n) is 8.08. The predicted molar refractivity (Wildman–Crippen MR) is 133 cm³/mol. The third-order valence-electron chi connectivity index (χ3n) is 5.73. The number of rotatable bonds is 6. The second-order valence-corrected chi connectivity index (χ2v) is 8.08. The van der Waals surface area contributed by atoms with Gasteiger partial charge in [-0.25, -0.2) is 4.68 Å². The van der Waals surface area contributed by atoms with Crippen molar-refractivity contribution in [3.8, 4) is 16.9 Å². The molecule has 0 radical (unpaired) electrons. The van der Waals surface area contributed by atoms with Crippen LogP contribution in [0, 0.1) is 6.92 Å². The van der Waals surface area contributed by atoms with Crippen molar-refractivity contribution in [3.05, 3.63) is 143 Å². The van der Waals surface area contributed by atoms with E-state index >= 15 is 0 Å². The van der Waals surface area contributed by atoms with E-state index in [1.165, 1.54) is 0 Å². The van der Waals surface area contributed by atoms with Crippen molar-refractivity contribution >= 4 is 11.6 Å². The Labute approximate surface area is 198 Å². The Hall–Kier alpha value is -4.57. The first kappa shape index (κ1) is 21.3. The van der Waals surface area contributed by atoms with Crippen LogP contribution >= 0.6 is 0 Å². The molecule has 0 atom stereocenters. The average Bonchev–Trinajstić information content (AvgIpc) is 3.30. The molecule has 0 saturated heterocycles. The molecular weight excluding hydrogens is 420 g/mol. The lowest BCUT2D eigenvalue weighted by Gasteiger charge is -2.10. The molecule has 0 aliphatic carbocycles. The number of para-hydroxylation sites is 1. The molecule has 0 saturated carbocycles. The van der Waals surface area contributed by atoms with E-state index in [1.54, 1.807) is 28.9 Å². The smallest absolute Gasteiger partial charge is 0.214 e. The molecule has 0 N–H and O–H groups in total. The zero-order chi connectivity index (χ0) is 23.5. The lowest BCUT2D eigenvalue weighted by atomic mass is 9.94. The SMILES string of the molecule is Cc1ccc(C(=O)c2nn(-c3ccccc3)c(-c3ccccc3)c2C(=O)c2ccccc2)cc1. The fraction of sp³-hybridized carbons (Fsp3) is 0.0333. The number of carbonyl (C=O) groups is 2. The lowest BCUT2D eigenvalue weighted by Crippen LogP contribution is -2.11. The van der Waals surface area contributed by atoms with Crippen molar-refractivity contribution < 1.29 is 9.59 Å². The molecule has 5 rings (SSSR count). The number of hydrogen-bond acceptors (Lipinski definition) is 3. The van der Waals surface area contributed by atoms with Crippen LogP contribution in [0.2, 0.25) is 0 Å². The number of benzene rings is 4. The summed E-state index contributed by atoms with van der Waals surface area (Å²) < 4.78 is 1.70. The third-order valence-corrected chi connectivity index (χ3v) is 5.73. The minimum absolute atomic E-state index is 0.139. The number of hydrogen-bond donors (Lipinski definition) is 0. The molecule has 0 unspecified atom stereocenters. The molecule has 5 aromatic rings. The monoisotopic (exact) mass is 442 g/mol. The Morgan fingerprint density at radius 3 is 1.76 bits per heavy atom. The third kappa shape index (κ3) is 3.97. The van der Waals surface area contributed by atoms with Gasteiger partial charge in [-0.1, -0.05) is 109 Å². The van der Waals surface area contributed by atoms with Gasteiger partial charge in [0.05, 0.1) is 16.9 Å². The van der Waals surface area contributed by atoms with Gasteiger partial charge in [-0.05, 0) is 19.1 Å². The molecule has 0 aliphatic heterocycles. The van der Waals surface area contributed by atoms with Crippen LogP contribution in [0.5, 0.6) is 0 Å². The summed E-state index contributed by atoms with van der Waals surface area (Å²) in [6.07, 6.45) is 0. The number of aryl methyl sites for hydroxylation is 1. The van der Waals surface area contributed by atoms with Gasteiger partial charge in [0.15, 0.2) is 5.78 Å². The minimum Gasteiger partial charge on any atom is -0.288 e. The zero-order valence-electron chi connectivity index (χ0n) is 18.7. The van der Waals surface area contributed by atoms with Crippen LogP contribution in [0.4, 0.5) is 0 Å². The van der Waals surface area contributed by atoms with Crippen molar-refractivity contribution in [1.82, 2.24) is 9.78 Å². The fourth-order valence-electron chi connectivity index (χ4n) is 3.99. The Balaban J connectivity index is 1.82. The quantitative estimate of drug-likeness (QED) is 0.290. The van der Waals surface area contributed by atoms with Crippen LogP contribution in [0.1, 0.15) is 37.5 Å². The molecule has 1 heterocycles. The summed E-state index contributed by atoms with van der Waals surface area (Å²) in [7, 11) is 0. The first-order valence-electron chi connectivity index (χ1n) is 11.1. The Morgan fingerprint density at radius 2 is 1.15 bits per heavy atom. The first-order valence-corrected chi connectivity index (χ1v) is 11.1. The summed E-state index contributed by atoms with van der Waals surface area (Å²) in [5, 5.41) is 4.75. The van der Waals surface area contributed by atoms with Gasteiger partial charge in [0.2, 0.25) is 5.78 Å². The van der Waals surface area contributed by atoms with Gasteiger partial charge in [-0.2, -0.15) is 5.10 Å². The van der Waals surface area contributed by atoms with Gasteiger partial charge in [0.25, 0.3) is 0 Å². The van der Waals surface area contributed by atoms with E-state index in [2.05, 4.69) is 0 Å². The largest absolute Gasteiger partial charge is 0.288 e. The highest BCUT2D eigenvalue weighted by Crippen LogP contribution is 2.32. The molecule has 4 aromatic carbocycles. The molecule has 0 spiro atoms. The normalized spacial score (nSPS) is 10.7. The van der Waals surface area contributed by atoms with Crippen molar-refractivity contribution in [3.63, 3.8) is 0 Å². The molecule has 4 nitrogen and oxygen atoms in total. The molecule has 164 valence electrons. The number of carbonyl (C=O) groups excluding carboxylic acids is 2. The maximum Gasteiger partial charge on any atom is 0.214 e. The van der Waals surface area contributed by atoms with Crippen molar-refractivity contribution in [2.45, 2.75) is 6.92 Å². The number of ketones is 2. The van der Waals surface area contributed by atoms with Gasteiger partial charge < -0.3 is 0 Å².